The van der Waals surface area contributed by atoms with E-state index in [4.69, 9.17) is 16.4 Å². The number of aliphatic hydroxyl groups is 2. The van der Waals surface area contributed by atoms with E-state index in [-0.39, 0.29) is 0 Å². The van der Waals surface area contributed by atoms with Gasteiger partial charge in [-0.25, -0.2) is 4.79 Å². The zero-order chi connectivity index (χ0) is 24.7. The highest BCUT2D eigenvalue weighted by Crippen LogP contribution is 2.12. The maximum Gasteiger partial charge on any atom is 0.335 e. The van der Waals surface area contributed by atoms with E-state index in [1.54, 1.807) is 36.4 Å². The molecule has 8 heteroatoms. The maximum atomic E-state index is 10.2. The van der Waals surface area contributed by atoms with Crippen LogP contribution in [0.2, 0.25) is 0 Å². The van der Waals surface area contributed by atoms with Gasteiger partial charge in [-0.05, 0) is 30.5 Å². The molecule has 1 aromatic carbocycles. The summed E-state index contributed by atoms with van der Waals surface area (Å²) in [7, 11) is 0. The Kier molecular flexibility index (Phi) is 19.9. The number of nitrogens with two attached hydrogens (primary N) is 1. The van der Waals surface area contributed by atoms with Crippen molar-refractivity contribution in [1.82, 2.24) is 0 Å². The monoisotopic (exact) mass is 462 g/mol. The topological polar surface area (TPSA) is 153 Å². The summed E-state index contributed by atoms with van der Waals surface area (Å²) in [5.74, 6) is -0.879. The van der Waals surface area contributed by atoms with Crippen LogP contribution in [0, 0.1) is 0 Å². The smallest absolute Gasteiger partial charge is 0.335 e. The highest BCUT2D eigenvalue weighted by atomic mass is 16.4. The second-order valence-electron chi connectivity index (χ2n) is 8.11. The number of carboxylic acids is 1. The maximum absolute atomic E-state index is 10.2. The van der Waals surface area contributed by atoms with Crippen LogP contribution < -0.4 is 5.73 Å². The van der Waals surface area contributed by atoms with Crippen LogP contribution in [0.15, 0.2) is 47.6 Å². The average molecular weight is 463 g/mol. The van der Waals surface area contributed by atoms with Crippen molar-refractivity contribution in [1.29, 1.82) is 0 Å². The fraction of sp³-hybridized carbons (Fsp3) is 0.640. The summed E-state index contributed by atoms with van der Waals surface area (Å²) >= 11 is 0. The first-order chi connectivity index (χ1) is 15.9. The SMILES string of the molecule is CCCCCCCCCCCCC/C=C/[C@@H](O)[C@@H](N)C(O)N=[N+]=[N-].O=C(O)c1ccccc1. The molecule has 0 bridgehead atoms. The highest BCUT2D eigenvalue weighted by molar-refractivity contribution is 5.87. The van der Waals surface area contributed by atoms with E-state index < -0.39 is 24.3 Å². The second-order valence-corrected chi connectivity index (χ2v) is 8.11. The van der Waals surface area contributed by atoms with Crippen LogP contribution in [-0.4, -0.2) is 39.7 Å². The van der Waals surface area contributed by atoms with E-state index in [9.17, 15) is 15.0 Å². The first kappa shape index (κ1) is 30.6. The first-order valence-electron chi connectivity index (χ1n) is 12.0. The third-order valence-electron chi connectivity index (χ3n) is 5.24. The number of rotatable bonds is 17. The van der Waals surface area contributed by atoms with Gasteiger partial charge in [0.25, 0.3) is 0 Å². The Labute approximate surface area is 198 Å². The third kappa shape index (κ3) is 17.8. The quantitative estimate of drug-likeness (QED) is 0.0741. The molecule has 0 heterocycles. The molecule has 5 N–H and O–H groups in total. The summed E-state index contributed by atoms with van der Waals surface area (Å²) in [6.07, 6.45) is 16.3. The summed E-state index contributed by atoms with van der Waals surface area (Å²) < 4.78 is 0. The van der Waals surface area contributed by atoms with Crippen molar-refractivity contribution in [2.45, 2.75) is 102 Å². The number of unbranched alkanes of at least 4 members (excludes halogenated alkanes) is 11. The Morgan fingerprint density at radius 3 is 1.97 bits per heavy atom. The molecule has 0 aliphatic carbocycles. The molecule has 0 radical (unpaired) electrons. The molecule has 0 saturated heterocycles. The zero-order valence-corrected chi connectivity index (χ0v) is 19.9. The highest BCUT2D eigenvalue weighted by Gasteiger charge is 2.19. The standard InChI is InChI=1S/C18H36N4O2.C7H6O2/c1-2-3-4-5-6-7-8-9-10-11-12-13-14-15-16(23)17(19)18(24)21-22-20;8-7(9)6-4-2-1-3-5-6/h14-18,23-24H,2-13,19H2,1H3;1-5H,(H,8,9)/b15-14+;/t16-,17-,18?;/m1./s1. The summed E-state index contributed by atoms with van der Waals surface area (Å²) in [5, 5.41) is 30.6. The molecule has 0 amide bonds. The van der Waals surface area contributed by atoms with Gasteiger partial charge in [0, 0.05) is 4.91 Å². The van der Waals surface area contributed by atoms with Crippen molar-refractivity contribution in [3.63, 3.8) is 0 Å². The van der Waals surface area contributed by atoms with Crippen LogP contribution in [0.25, 0.3) is 10.4 Å². The molecular formula is C25H42N4O4. The lowest BCUT2D eigenvalue weighted by molar-refractivity contribution is 0.0696. The molecule has 0 saturated carbocycles. The normalized spacial score (nSPS) is 13.5. The van der Waals surface area contributed by atoms with Gasteiger partial charge in [-0.2, -0.15) is 0 Å². The number of carbonyl (C=O) groups is 1. The molecule has 1 aromatic rings. The molecule has 1 unspecified atom stereocenters. The molecule has 3 atom stereocenters. The summed E-state index contributed by atoms with van der Waals surface area (Å²) in [6.45, 7) is 2.25. The fourth-order valence-electron chi connectivity index (χ4n) is 3.18. The van der Waals surface area contributed by atoms with E-state index in [0.717, 1.165) is 12.8 Å². The Morgan fingerprint density at radius 2 is 1.52 bits per heavy atom. The molecule has 1 rings (SSSR count). The van der Waals surface area contributed by atoms with Crippen molar-refractivity contribution in [2.24, 2.45) is 10.8 Å². The van der Waals surface area contributed by atoms with Crippen molar-refractivity contribution >= 4 is 5.97 Å². The van der Waals surface area contributed by atoms with E-state index in [1.807, 2.05) is 6.08 Å². The van der Waals surface area contributed by atoms with Gasteiger partial charge in [0.05, 0.1) is 17.7 Å². The van der Waals surface area contributed by atoms with Crippen LogP contribution in [0.5, 0.6) is 0 Å². The number of azide groups is 1. The summed E-state index contributed by atoms with van der Waals surface area (Å²) in [6, 6.07) is 7.30. The van der Waals surface area contributed by atoms with E-state index in [1.165, 1.54) is 64.2 Å². The van der Waals surface area contributed by atoms with Crippen LogP contribution in [-0.2, 0) is 0 Å². The van der Waals surface area contributed by atoms with E-state index in [0.29, 0.717) is 5.56 Å². The van der Waals surface area contributed by atoms with Crippen molar-refractivity contribution < 1.29 is 20.1 Å². The van der Waals surface area contributed by atoms with Crippen LogP contribution in [0.4, 0.5) is 0 Å². The molecule has 8 nitrogen and oxygen atoms in total. The van der Waals surface area contributed by atoms with E-state index in [2.05, 4.69) is 16.9 Å². The first-order valence-corrected chi connectivity index (χ1v) is 12.0. The number of nitrogens with zero attached hydrogens (tertiary/aromatic N) is 3. The lowest BCUT2D eigenvalue weighted by Gasteiger charge is -2.17. The molecule has 0 aliphatic rings. The van der Waals surface area contributed by atoms with Gasteiger partial charge in [0.15, 0.2) is 6.23 Å². The molecular weight excluding hydrogens is 420 g/mol. The van der Waals surface area contributed by atoms with Crippen LogP contribution in [0.1, 0.15) is 94.3 Å². The number of allylic oxidation sites excluding steroid dienone is 1. The van der Waals surface area contributed by atoms with Gasteiger partial charge >= 0.3 is 5.97 Å². The molecule has 0 aromatic heterocycles. The predicted molar refractivity (Wildman–Crippen MR) is 133 cm³/mol. The third-order valence-corrected chi connectivity index (χ3v) is 5.24. The fourth-order valence-corrected chi connectivity index (χ4v) is 3.18. The summed E-state index contributed by atoms with van der Waals surface area (Å²) in [5.41, 5.74) is 14.1. The van der Waals surface area contributed by atoms with Gasteiger partial charge in [-0.1, -0.05) is 107 Å². The lowest BCUT2D eigenvalue weighted by atomic mass is 10.0. The van der Waals surface area contributed by atoms with Crippen LogP contribution in [0.3, 0.4) is 0 Å². The summed E-state index contributed by atoms with van der Waals surface area (Å²) in [4.78, 5) is 12.7. The van der Waals surface area contributed by atoms with Gasteiger partial charge in [0.1, 0.15) is 0 Å². The van der Waals surface area contributed by atoms with Gasteiger partial charge in [-0.3, -0.25) is 0 Å². The predicted octanol–water partition coefficient (Wildman–Crippen LogP) is 5.95. The Balaban J connectivity index is 0.000000938. The minimum Gasteiger partial charge on any atom is -0.478 e. The minimum absolute atomic E-state index is 0.331. The number of carboxylic acid groups (broad SMARTS) is 1. The zero-order valence-electron chi connectivity index (χ0n) is 19.9. The van der Waals surface area contributed by atoms with Gasteiger partial charge in [-0.15, -0.1) is 0 Å². The van der Waals surface area contributed by atoms with E-state index >= 15 is 0 Å². The molecule has 0 aliphatic heterocycles. The number of aliphatic hydroxyl groups excluding tert-OH is 2. The largest absolute Gasteiger partial charge is 0.478 e. The number of benzene rings is 1. The average Bonchev–Trinajstić information content (AvgIpc) is 2.82. The van der Waals surface area contributed by atoms with Gasteiger partial charge < -0.3 is 21.1 Å². The lowest BCUT2D eigenvalue weighted by Crippen LogP contribution is -2.42. The van der Waals surface area contributed by atoms with Crippen molar-refractivity contribution in [2.75, 3.05) is 0 Å². The Bertz CT molecular complexity index is 678. The Morgan fingerprint density at radius 1 is 1.00 bits per heavy atom. The minimum atomic E-state index is -1.41. The van der Waals surface area contributed by atoms with Crippen molar-refractivity contribution in [3.8, 4) is 0 Å². The van der Waals surface area contributed by atoms with Crippen molar-refractivity contribution in [3.05, 3.63) is 58.5 Å². The molecule has 0 spiro atoms. The molecule has 33 heavy (non-hydrogen) atoms. The Hall–Kier alpha value is -2.38. The van der Waals surface area contributed by atoms with Crippen LogP contribution >= 0.6 is 0 Å². The molecule has 186 valence electrons. The second kappa shape index (κ2) is 21.5. The number of hydrogen-bond donors (Lipinski definition) is 4. The number of hydrogen-bond acceptors (Lipinski definition) is 5. The van der Waals surface area contributed by atoms with Gasteiger partial charge in [0.2, 0.25) is 0 Å². The molecule has 0 fully saturated rings. The number of aromatic carboxylic acids is 1.